The van der Waals surface area contributed by atoms with Crippen molar-refractivity contribution >= 4 is 11.6 Å². The molecule has 0 saturated carbocycles. The topological polar surface area (TPSA) is 49.6 Å². The molecule has 19 heavy (non-hydrogen) atoms. The summed E-state index contributed by atoms with van der Waals surface area (Å²) in [7, 11) is 2.00. The van der Waals surface area contributed by atoms with Crippen LogP contribution in [0.3, 0.4) is 0 Å². The normalized spacial score (nSPS) is 20.9. The number of benzene rings is 1. The number of nitrogens with zero attached hydrogens (tertiary/aromatic N) is 2. The highest BCUT2D eigenvalue weighted by molar-refractivity contribution is 5.96. The molecule has 0 spiro atoms. The van der Waals surface area contributed by atoms with Crippen molar-refractivity contribution in [2.75, 3.05) is 31.6 Å². The molecular weight excluding hydrogens is 238 g/mol. The second-order valence-electron chi connectivity index (χ2n) is 5.37. The zero-order valence-electron chi connectivity index (χ0n) is 12.0. The first-order valence-corrected chi connectivity index (χ1v) is 6.81. The number of rotatable bonds is 3. The molecule has 0 aliphatic carbocycles. The Morgan fingerprint density at radius 3 is 2.79 bits per heavy atom. The van der Waals surface area contributed by atoms with E-state index in [9.17, 15) is 4.79 Å². The second kappa shape index (κ2) is 5.72. The Hall–Kier alpha value is -1.39. The Morgan fingerprint density at radius 2 is 2.11 bits per heavy atom. The van der Waals surface area contributed by atoms with Gasteiger partial charge < -0.3 is 10.6 Å². The van der Waals surface area contributed by atoms with Gasteiger partial charge in [0.05, 0.1) is 6.54 Å². The van der Waals surface area contributed by atoms with Gasteiger partial charge in [-0.2, -0.15) is 0 Å². The third-order valence-corrected chi connectivity index (χ3v) is 4.07. The largest absolute Gasteiger partial charge is 0.330 e. The lowest BCUT2D eigenvalue weighted by Crippen LogP contribution is -2.55. The molecule has 1 aliphatic rings. The molecule has 1 aromatic carbocycles. The fraction of sp³-hybridized carbons (Fsp3) is 0.533. The molecule has 1 aromatic rings. The summed E-state index contributed by atoms with van der Waals surface area (Å²) in [5.41, 5.74) is 9.11. The lowest BCUT2D eigenvalue weighted by molar-refractivity contribution is -0.122. The number of aryl methyl sites for hydroxylation is 1. The molecule has 1 saturated heterocycles. The first-order valence-electron chi connectivity index (χ1n) is 6.81. The molecule has 1 fully saturated rings. The molecule has 0 aromatic heterocycles. The van der Waals surface area contributed by atoms with Crippen LogP contribution in [0.5, 0.6) is 0 Å². The van der Waals surface area contributed by atoms with Crippen molar-refractivity contribution in [2.45, 2.75) is 26.3 Å². The number of carbonyl (C=O) groups is 1. The van der Waals surface area contributed by atoms with Crippen molar-refractivity contribution in [1.82, 2.24) is 4.90 Å². The lowest BCUT2D eigenvalue weighted by atomic mass is 10.0. The van der Waals surface area contributed by atoms with E-state index in [0.717, 1.165) is 18.7 Å². The summed E-state index contributed by atoms with van der Waals surface area (Å²) in [4.78, 5) is 16.3. The molecule has 2 N–H and O–H groups in total. The van der Waals surface area contributed by atoms with Gasteiger partial charge in [0, 0.05) is 18.3 Å². The van der Waals surface area contributed by atoms with Crippen molar-refractivity contribution in [1.29, 1.82) is 0 Å². The monoisotopic (exact) mass is 261 g/mol. The molecule has 4 heteroatoms. The predicted octanol–water partition coefficient (Wildman–Crippen LogP) is 1.30. The Kier molecular flexibility index (Phi) is 4.22. The van der Waals surface area contributed by atoms with Crippen LogP contribution >= 0.6 is 0 Å². The lowest BCUT2D eigenvalue weighted by Gasteiger charge is -2.39. The van der Waals surface area contributed by atoms with Gasteiger partial charge in [-0.05, 0) is 51.1 Å². The van der Waals surface area contributed by atoms with Gasteiger partial charge in [-0.1, -0.05) is 12.1 Å². The molecule has 104 valence electrons. The highest BCUT2D eigenvalue weighted by Gasteiger charge is 2.30. The van der Waals surface area contributed by atoms with Crippen LogP contribution in [0.4, 0.5) is 5.69 Å². The average molecular weight is 261 g/mol. The Labute approximate surface area is 115 Å². The maximum atomic E-state index is 12.3. The van der Waals surface area contributed by atoms with E-state index in [1.54, 1.807) is 0 Å². The maximum absolute atomic E-state index is 12.3. The van der Waals surface area contributed by atoms with E-state index < -0.39 is 0 Å². The maximum Gasteiger partial charge on any atom is 0.241 e. The molecule has 1 aliphatic heterocycles. The number of likely N-dealkylation sites (N-methyl/N-ethyl adjacent to an activating group) is 1. The minimum atomic E-state index is 0.171. The van der Waals surface area contributed by atoms with Crippen molar-refractivity contribution in [3.8, 4) is 0 Å². The van der Waals surface area contributed by atoms with E-state index in [2.05, 4.69) is 24.8 Å². The van der Waals surface area contributed by atoms with Crippen LogP contribution in [0.2, 0.25) is 0 Å². The second-order valence-corrected chi connectivity index (χ2v) is 5.37. The zero-order valence-corrected chi connectivity index (χ0v) is 12.0. The van der Waals surface area contributed by atoms with Gasteiger partial charge in [0.2, 0.25) is 5.91 Å². The summed E-state index contributed by atoms with van der Waals surface area (Å²) in [6.45, 7) is 6.02. The third-order valence-electron chi connectivity index (χ3n) is 4.07. The van der Waals surface area contributed by atoms with E-state index in [-0.39, 0.29) is 5.91 Å². The van der Waals surface area contributed by atoms with Crippen LogP contribution in [-0.2, 0) is 4.79 Å². The highest BCUT2D eigenvalue weighted by atomic mass is 16.2. The van der Waals surface area contributed by atoms with Gasteiger partial charge in [0.25, 0.3) is 0 Å². The van der Waals surface area contributed by atoms with Gasteiger partial charge in [0.1, 0.15) is 0 Å². The van der Waals surface area contributed by atoms with Crippen molar-refractivity contribution in [3.05, 3.63) is 29.3 Å². The zero-order chi connectivity index (χ0) is 14.0. The number of nitrogens with two attached hydrogens (primary N) is 1. The minimum absolute atomic E-state index is 0.171. The van der Waals surface area contributed by atoms with Crippen LogP contribution in [0.15, 0.2) is 18.2 Å². The number of amides is 1. The number of carbonyl (C=O) groups excluding carboxylic acids is 1. The smallest absolute Gasteiger partial charge is 0.241 e. The fourth-order valence-corrected chi connectivity index (χ4v) is 2.64. The van der Waals surface area contributed by atoms with Crippen LogP contribution in [-0.4, -0.2) is 43.5 Å². The number of hydrogen-bond acceptors (Lipinski definition) is 3. The number of hydrogen-bond donors (Lipinski definition) is 1. The summed E-state index contributed by atoms with van der Waals surface area (Å²) < 4.78 is 0. The summed E-state index contributed by atoms with van der Waals surface area (Å²) in [6, 6.07) is 6.48. The molecule has 2 rings (SSSR count). The van der Waals surface area contributed by atoms with Crippen LogP contribution in [0.25, 0.3) is 0 Å². The van der Waals surface area contributed by atoms with Crippen molar-refractivity contribution in [3.63, 3.8) is 0 Å². The van der Waals surface area contributed by atoms with Gasteiger partial charge in [0.15, 0.2) is 0 Å². The SMILES string of the molecule is Cc1cccc(N2CC(CCN)N(C)CC2=O)c1C. The molecule has 1 atom stereocenters. The standard InChI is InChI=1S/C15H23N3O/c1-11-5-4-6-14(12(11)2)18-9-13(7-8-16)17(3)10-15(18)19/h4-6,13H,7-10,16H2,1-3H3. The molecular formula is C15H23N3O. The summed E-state index contributed by atoms with van der Waals surface area (Å²) in [5, 5.41) is 0. The van der Waals surface area contributed by atoms with Crippen LogP contribution in [0, 0.1) is 13.8 Å². The Morgan fingerprint density at radius 1 is 1.37 bits per heavy atom. The highest BCUT2D eigenvalue weighted by Crippen LogP contribution is 2.26. The predicted molar refractivity (Wildman–Crippen MR) is 78.4 cm³/mol. The van der Waals surface area contributed by atoms with Crippen molar-refractivity contribution < 1.29 is 4.79 Å². The summed E-state index contributed by atoms with van der Waals surface area (Å²) in [6.07, 6.45) is 0.922. The average Bonchev–Trinajstić information content (AvgIpc) is 2.37. The molecule has 0 bridgehead atoms. The summed E-state index contributed by atoms with van der Waals surface area (Å²) in [5.74, 6) is 0.171. The van der Waals surface area contributed by atoms with Gasteiger partial charge in [-0.15, -0.1) is 0 Å². The first-order chi connectivity index (χ1) is 9.04. The molecule has 0 radical (unpaired) electrons. The third kappa shape index (κ3) is 2.80. The van der Waals surface area contributed by atoms with Gasteiger partial charge >= 0.3 is 0 Å². The van der Waals surface area contributed by atoms with Crippen LogP contribution < -0.4 is 10.6 Å². The fourth-order valence-electron chi connectivity index (χ4n) is 2.64. The Bertz CT molecular complexity index is 472. The van der Waals surface area contributed by atoms with E-state index in [1.165, 1.54) is 11.1 Å². The van der Waals surface area contributed by atoms with Crippen molar-refractivity contribution in [2.24, 2.45) is 5.73 Å². The number of piperazine rings is 1. The molecule has 1 unspecified atom stereocenters. The van der Waals surface area contributed by atoms with Gasteiger partial charge in [-0.25, -0.2) is 0 Å². The minimum Gasteiger partial charge on any atom is -0.330 e. The summed E-state index contributed by atoms with van der Waals surface area (Å²) >= 11 is 0. The van der Waals surface area contributed by atoms with Crippen LogP contribution in [0.1, 0.15) is 17.5 Å². The van der Waals surface area contributed by atoms with E-state index in [0.29, 0.717) is 19.1 Å². The van der Waals surface area contributed by atoms with E-state index in [1.807, 2.05) is 24.1 Å². The van der Waals surface area contributed by atoms with E-state index >= 15 is 0 Å². The first kappa shape index (κ1) is 14.0. The molecule has 1 heterocycles. The van der Waals surface area contributed by atoms with Gasteiger partial charge in [-0.3, -0.25) is 9.69 Å². The van der Waals surface area contributed by atoms with E-state index in [4.69, 9.17) is 5.73 Å². The Balaban J connectivity index is 2.27. The molecule has 1 amide bonds. The number of anilines is 1. The molecule has 4 nitrogen and oxygen atoms in total. The quantitative estimate of drug-likeness (QED) is 0.892.